The van der Waals surface area contributed by atoms with Crippen molar-refractivity contribution in [2.24, 2.45) is 23.7 Å². The molecule has 0 saturated carbocycles. The molecule has 13 heterocycles. The third-order valence-electron chi connectivity index (χ3n) is 20.8. The molecule has 0 radical (unpaired) electrons. The van der Waals surface area contributed by atoms with Crippen molar-refractivity contribution in [3.63, 3.8) is 0 Å². The summed E-state index contributed by atoms with van der Waals surface area (Å²) in [4.78, 5) is 14.5. The number of ether oxygens (including phenoxy) is 14. The molecule has 17 nitrogen and oxygen atoms in total. The minimum atomic E-state index is -0.979. The summed E-state index contributed by atoms with van der Waals surface area (Å²) in [7, 11) is 1.71. The number of aliphatic hydroxyl groups is 2. The molecule has 28 atom stereocenters. The number of rotatable bonds is 4. The van der Waals surface area contributed by atoms with Crippen molar-refractivity contribution < 1.29 is 81.3 Å². The Morgan fingerprint density at radius 2 is 1.32 bits per heavy atom. The number of fused-ring (bicyclic) bond motifs is 12. The van der Waals surface area contributed by atoms with Crippen LogP contribution < -0.4 is 0 Å². The van der Waals surface area contributed by atoms with E-state index in [1.807, 2.05) is 0 Å². The fourth-order valence-corrected chi connectivity index (χ4v) is 17.1. The van der Waals surface area contributed by atoms with Gasteiger partial charge in [0.15, 0.2) is 17.4 Å². The van der Waals surface area contributed by atoms with Crippen molar-refractivity contribution in [1.29, 1.82) is 0 Å². The summed E-state index contributed by atoms with van der Waals surface area (Å²) >= 11 is 0. The summed E-state index contributed by atoms with van der Waals surface area (Å²) in [6.45, 7) is 17.6. The zero-order valence-corrected chi connectivity index (χ0v) is 45.7. The Morgan fingerprint density at radius 1 is 0.579 bits per heavy atom. The molecule has 0 aliphatic carbocycles. The predicted octanol–water partition coefficient (Wildman–Crippen LogP) is 6.82. The molecule has 0 aromatic heterocycles. The van der Waals surface area contributed by atoms with Crippen molar-refractivity contribution >= 4 is 5.97 Å². The van der Waals surface area contributed by atoms with Gasteiger partial charge in [-0.15, -0.1) is 0 Å². The lowest BCUT2D eigenvalue weighted by molar-refractivity contribution is -0.371. The minimum Gasteiger partial charge on any atom is -0.459 e. The normalized spacial score (nSPS) is 55.4. The van der Waals surface area contributed by atoms with Gasteiger partial charge in [0, 0.05) is 77.2 Å². The van der Waals surface area contributed by atoms with Crippen LogP contribution in [0.15, 0.2) is 24.3 Å². The van der Waals surface area contributed by atoms with E-state index in [1.54, 1.807) is 7.11 Å². The summed E-state index contributed by atoms with van der Waals surface area (Å²) < 4.78 is 95.8. The van der Waals surface area contributed by atoms with Crippen molar-refractivity contribution in [3.8, 4) is 0 Å². The highest BCUT2D eigenvalue weighted by Crippen LogP contribution is 2.53. The van der Waals surface area contributed by atoms with Crippen LogP contribution in [-0.2, 0) is 71.1 Å². The van der Waals surface area contributed by atoms with E-state index in [9.17, 15) is 15.0 Å². The van der Waals surface area contributed by atoms with Crippen LogP contribution in [0.1, 0.15) is 156 Å². The fourth-order valence-electron chi connectivity index (χ4n) is 17.1. The lowest BCUT2D eigenvalue weighted by Gasteiger charge is -2.54. The predicted molar refractivity (Wildman–Crippen MR) is 270 cm³/mol. The van der Waals surface area contributed by atoms with Gasteiger partial charge in [-0.25, -0.2) is 0 Å². The van der Waals surface area contributed by atoms with Gasteiger partial charge in [-0.05, 0) is 86.7 Å². The molecule has 0 aromatic carbocycles. The monoisotopic (exact) mass is 1070 g/mol. The maximum atomic E-state index is 14.5. The molecule has 0 aromatic rings. The van der Waals surface area contributed by atoms with Crippen LogP contribution in [0.2, 0.25) is 0 Å². The highest BCUT2D eigenvalue weighted by Gasteiger charge is 2.61. The number of hydrogen-bond donors (Lipinski definition) is 2. The molecule has 13 rings (SSSR count). The first-order chi connectivity index (χ1) is 36.5. The van der Waals surface area contributed by atoms with Crippen LogP contribution in [0, 0.1) is 23.7 Å². The summed E-state index contributed by atoms with van der Waals surface area (Å²) in [5.74, 6) is -2.45. The fraction of sp³-hybridized carbons (Fsp3) is 0.915. The Hall–Kier alpha value is -1.65. The van der Waals surface area contributed by atoms with Crippen molar-refractivity contribution in [2.45, 2.75) is 302 Å². The van der Waals surface area contributed by atoms with Crippen LogP contribution in [0.4, 0.5) is 0 Å². The molecule has 13 aliphatic rings. The molecule has 0 amide bonds. The third kappa shape index (κ3) is 10.2. The van der Waals surface area contributed by atoms with E-state index in [1.165, 1.54) is 0 Å². The van der Waals surface area contributed by atoms with Gasteiger partial charge in [0.25, 0.3) is 0 Å². The highest BCUT2D eigenvalue weighted by atomic mass is 16.7. The number of aliphatic hydroxyl groups excluding tert-OH is 2. The molecular weight excluding hydrogens is 981 g/mol. The second-order valence-electron chi connectivity index (χ2n) is 26.4. The van der Waals surface area contributed by atoms with Crippen LogP contribution in [0.3, 0.4) is 0 Å². The Labute approximate surface area is 449 Å². The van der Waals surface area contributed by atoms with Crippen molar-refractivity contribution in [2.75, 3.05) is 13.7 Å². The molecular formula is C59H88O17. The second kappa shape index (κ2) is 21.0. The number of carbonyl (C=O) groups excluding carboxylic acids is 1. The second-order valence-corrected chi connectivity index (χ2v) is 26.4. The zero-order chi connectivity index (χ0) is 52.4. The maximum Gasteiger partial charge on any atom is 0.308 e. The molecule has 13 saturated heterocycles. The largest absolute Gasteiger partial charge is 0.459 e. The third-order valence-corrected chi connectivity index (χ3v) is 20.8. The first-order valence-corrected chi connectivity index (χ1v) is 29.9. The lowest BCUT2D eigenvalue weighted by atomic mass is 9.78. The molecule has 2 N–H and O–H groups in total. The molecule has 13 fully saturated rings. The molecule has 426 valence electrons. The average Bonchev–Trinajstić information content (AvgIpc) is 4.15. The Kier molecular flexibility index (Phi) is 14.8. The maximum absolute atomic E-state index is 14.5. The zero-order valence-electron chi connectivity index (χ0n) is 45.7. The van der Waals surface area contributed by atoms with E-state index in [-0.39, 0.29) is 141 Å². The molecule has 2 spiro atoms. The number of hydrogen-bond acceptors (Lipinski definition) is 17. The first-order valence-electron chi connectivity index (χ1n) is 29.9. The molecule has 10 bridgehead atoms. The molecule has 17 heteroatoms. The summed E-state index contributed by atoms with van der Waals surface area (Å²) in [5.41, 5.74) is 2.18. The number of esters is 1. The van der Waals surface area contributed by atoms with E-state index in [0.29, 0.717) is 57.3 Å². The van der Waals surface area contributed by atoms with Gasteiger partial charge in [-0.2, -0.15) is 0 Å². The van der Waals surface area contributed by atoms with E-state index in [0.717, 1.165) is 81.8 Å². The van der Waals surface area contributed by atoms with Crippen molar-refractivity contribution in [1.82, 2.24) is 0 Å². The van der Waals surface area contributed by atoms with E-state index >= 15 is 0 Å². The Balaban J connectivity index is 0.727. The SMILES string of the molecule is C=C1C2CC3O[C@H]4C[C@H]5O[C@](CC6C[C@@H](C)C[C@@]7(C[C@H](C)[C@@H]8OC(CO)[C@H](O)C[C@@H]8O7)O6)(OC)C[C@H]5O[C@H]4[C@H](C)[C@H]3OC(=O)CC3CC[C@@H]4O[C@@H]5C[C@@H](O[C@]6(CCC5O6)CC[C@H]5CC(=C)[C@H](CCC(C[C@H]1C)O2)O5)[C@H]4O3. The standard InChI is InChI=1S/C59H88O17/c1-29-16-38(72-59(24-29)25-32(4)53-48(76-59)20-39(61)51(28-60)70-53)26-58(63-7)27-50-45(74-58)23-47-54(69-50)34(6)55-46(68-47)21-43-33(5)30(2)17-35(65-43)8-10-40-31(3)18-37(64-40)12-14-57-15-13-41(73-57)44-22-49(75-57)56-42(67-44)11-9-36(66-56)19-52(62)71-55/h29-30,32,34-51,53-56,60-61H,3,5,8-28H2,1-2,4,6-7H3/t29-,30-,32+,34+,35?,36?,37+,38?,39-,40+,41?,42+,43?,44-,45-,46?,47+,48+,49-,50-,51?,53+,54+,55-,56+,57+,58+,59-/m1/s1. The van der Waals surface area contributed by atoms with Crippen LogP contribution >= 0.6 is 0 Å². The van der Waals surface area contributed by atoms with Crippen LogP contribution in [0.5, 0.6) is 0 Å². The topological polar surface area (TPSA) is 187 Å². The van der Waals surface area contributed by atoms with E-state index < -0.39 is 41.8 Å². The van der Waals surface area contributed by atoms with Gasteiger partial charge < -0.3 is 76.5 Å². The number of carbonyl (C=O) groups is 1. The van der Waals surface area contributed by atoms with Gasteiger partial charge in [-0.1, -0.05) is 40.9 Å². The van der Waals surface area contributed by atoms with Crippen LogP contribution in [-0.4, -0.2) is 175 Å². The quantitative estimate of drug-likeness (QED) is 0.220. The van der Waals surface area contributed by atoms with Gasteiger partial charge in [-0.3, -0.25) is 4.79 Å². The van der Waals surface area contributed by atoms with E-state index in [4.69, 9.17) is 66.3 Å². The van der Waals surface area contributed by atoms with Crippen LogP contribution in [0.25, 0.3) is 0 Å². The Bertz CT molecular complexity index is 2150. The highest BCUT2D eigenvalue weighted by molar-refractivity contribution is 5.70. The number of methoxy groups -OCH3 is 1. The summed E-state index contributed by atoms with van der Waals surface area (Å²) in [6, 6.07) is 0. The molecule has 7 unspecified atom stereocenters. The van der Waals surface area contributed by atoms with Gasteiger partial charge in [0.1, 0.15) is 18.3 Å². The first kappa shape index (κ1) is 53.6. The minimum absolute atomic E-state index is 0.00453. The molecule has 13 aliphatic heterocycles. The smallest absolute Gasteiger partial charge is 0.308 e. The average molecular weight is 1070 g/mol. The van der Waals surface area contributed by atoms with Gasteiger partial charge >= 0.3 is 5.97 Å². The van der Waals surface area contributed by atoms with Gasteiger partial charge in [0.05, 0.1) is 123 Å². The lowest BCUT2D eigenvalue weighted by Crippen LogP contribution is -2.62. The summed E-state index contributed by atoms with van der Waals surface area (Å²) in [5, 5.41) is 20.7. The summed E-state index contributed by atoms with van der Waals surface area (Å²) in [6.07, 6.45) is 7.55. The molecule has 76 heavy (non-hydrogen) atoms. The van der Waals surface area contributed by atoms with Gasteiger partial charge in [0.2, 0.25) is 0 Å². The van der Waals surface area contributed by atoms with E-state index in [2.05, 4.69) is 40.9 Å². The van der Waals surface area contributed by atoms with Crippen molar-refractivity contribution in [3.05, 3.63) is 24.3 Å². The Morgan fingerprint density at radius 3 is 2.16 bits per heavy atom.